The lowest BCUT2D eigenvalue weighted by Gasteiger charge is -2.63. The van der Waals surface area contributed by atoms with Gasteiger partial charge < -0.3 is 40.7 Å². The number of likely N-dealkylation sites (tertiary alicyclic amines) is 1. The van der Waals surface area contributed by atoms with Crippen molar-refractivity contribution in [3.05, 3.63) is 99.6 Å². The number of nitriles is 1. The molecule has 3 atom stereocenters. The van der Waals surface area contributed by atoms with E-state index in [2.05, 4.69) is 60.0 Å². The van der Waals surface area contributed by atoms with Crippen LogP contribution in [0.2, 0.25) is 5.02 Å². The summed E-state index contributed by atoms with van der Waals surface area (Å²) in [6.45, 7) is 16.7. The van der Waals surface area contributed by atoms with Crippen LogP contribution in [0.1, 0.15) is 94.9 Å². The molecule has 66 heavy (non-hydrogen) atoms. The molecule has 1 aliphatic heterocycles. The summed E-state index contributed by atoms with van der Waals surface area (Å²) in [6, 6.07) is 20.2. The summed E-state index contributed by atoms with van der Waals surface area (Å²) < 4.78 is 12.0. The van der Waals surface area contributed by atoms with Gasteiger partial charge in [0.1, 0.15) is 36.6 Å². The number of aliphatic hydroxyl groups is 1. The van der Waals surface area contributed by atoms with E-state index in [1.807, 2.05) is 69.6 Å². The Balaban J connectivity index is 0.896. The van der Waals surface area contributed by atoms with E-state index in [1.165, 1.54) is 4.90 Å². The smallest absolute Gasteiger partial charge is 0.251 e. The summed E-state index contributed by atoms with van der Waals surface area (Å²) in [5.41, 5.74) is 5.04. The number of ether oxygens (including phenoxy) is 2. The summed E-state index contributed by atoms with van der Waals surface area (Å²) in [5, 5.41) is 32.4. The second-order valence-corrected chi connectivity index (χ2v) is 20.8. The number of rotatable bonds is 18. The molecule has 2 heterocycles. The third-order valence-electron chi connectivity index (χ3n) is 12.6. The molecule has 1 saturated heterocycles. The second-order valence-electron chi connectivity index (χ2n) is 19.5. The number of unbranched alkanes of at least 4 members (excludes halogenated alkanes) is 1. The van der Waals surface area contributed by atoms with Crippen molar-refractivity contribution in [2.45, 2.75) is 112 Å². The maximum absolute atomic E-state index is 14.0. The molecular weight excluding hydrogens is 878 g/mol. The number of anilines is 1. The molecular formula is C50H62ClN7O7S. The molecule has 0 radical (unpaired) electrons. The Kier molecular flexibility index (Phi) is 15.9. The van der Waals surface area contributed by atoms with Gasteiger partial charge in [-0.15, -0.1) is 11.3 Å². The predicted molar refractivity (Wildman–Crippen MR) is 256 cm³/mol. The molecule has 6 rings (SSSR count). The molecule has 1 unspecified atom stereocenters. The topological polar surface area (TPSA) is 195 Å². The van der Waals surface area contributed by atoms with Crippen LogP contribution in [0.15, 0.2) is 72.2 Å². The van der Waals surface area contributed by atoms with E-state index in [1.54, 1.807) is 41.7 Å². The zero-order valence-electron chi connectivity index (χ0n) is 39.0. The van der Waals surface area contributed by atoms with Gasteiger partial charge in [0.15, 0.2) is 0 Å². The average molecular weight is 941 g/mol. The SMILES string of the molecule is Cc1ncsc1-c1ccc(CNC(=O)[C@@H]2C[C@@H](O)CN2C(=O)C(NC(=O)COCCCCNc2ccc(C(=O)NC3C(C)(C)C(Oc4ccc(C#N)c(Cl)c4)C3(C)C)cc2)C(C)(C)C)cc1. The van der Waals surface area contributed by atoms with Crippen molar-refractivity contribution in [2.75, 3.05) is 31.6 Å². The number of carbonyl (C=O) groups excluding carboxylic acids is 4. The first kappa shape index (κ1) is 49.9. The van der Waals surface area contributed by atoms with Gasteiger partial charge in [-0.05, 0) is 72.7 Å². The fraction of sp³-hybridized carbons (Fsp3) is 0.480. The quantitative estimate of drug-likeness (QED) is 0.0634. The molecule has 0 bridgehead atoms. The van der Waals surface area contributed by atoms with Gasteiger partial charge in [-0.25, -0.2) is 4.98 Å². The number of halogens is 1. The summed E-state index contributed by atoms with van der Waals surface area (Å²) in [7, 11) is 0. The Morgan fingerprint density at radius 3 is 2.33 bits per heavy atom. The fourth-order valence-electron chi connectivity index (χ4n) is 9.26. The number of hydrogen-bond acceptors (Lipinski definition) is 11. The summed E-state index contributed by atoms with van der Waals surface area (Å²) in [6.07, 6.45) is 0.456. The van der Waals surface area contributed by atoms with Crippen molar-refractivity contribution in [3.63, 3.8) is 0 Å². The number of β-amino-alcohol motifs (C(OH)–C–C–N with tert-alkyl or cyclic N) is 1. The molecule has 352 valence electrons. The van der Waals surface area contributed by atoms with Crippen LogP contribution in [0.25, 0.3) is 10.4 Å². The van der Waals surface area contributed by atoms with Crippen molar-refractivity contribution < 1.29 is 33.8 Å². The summed E-state index contributed by atoms with van der Waals surface area (Å²) in [5.74, 6) is -0.855. The van der Waals surface area contributed by atoms with Gasteiger partial charge in [0.05, 0.1) is 32.8 Å². The van der Waals surface area contributed by atoms with Crippen LogP contribution in [0, 0.1) is 34.5 Å². The van der Waals surface area contributed by atoms with E-state index in [0.29, 0.717) is 41.5 Å². The largest absolute Gasteiger partial charge is 0.489 e. The summed E-state index contributed by atoms with van der Waals surface area (Å²) >= 11 is 7.81. The second kappa shape index (κ2) is 21.0. The number of carbonyl (C=O) groups is 4. The van der Waals surface area contributed by atoms with Gasteiger partial charge in [0.25, 0.3) is 5.91 Å². The van der Waals surface area contributed by atoms with Crippen LogP contribution in [-0.4, -0.2) is 95.3 Å². The van der Waals surface area contributed by atoms with E-state index >= 15 is 0 Å². The highest BCUT2D eigenvalue weighted by Gasteiger charge is 2.64. The van der Waals surface area contributed by atoms with E-state index in [0.717, 1.165) is 33.8 Å². The minimum absolute atomic E-state index is 0.0131. The van der Waals surface area contributed by atoms with Crippen molar-refractivity contribution in [2.24, 2.45) is 16.2 Å². The molecule has 1 saturated carbocycles. The first-order chi connectivity index (χ1) is 31.2. The maximum Gasteiger partial charge on any atom is 0.251 e. The van der Waals surface area contributed by atoms with Crippen LogP contribution >= 0.6 is 22.9 Å². The number of benzene rings is 3. The normalized spacial score (nSPS) is 20.0. The predicted octanol–water partition coefficient (Wildman–Crippen LogP) is 7.27. The molecule has 2 aliphatic rings. The lowest BCUT2D eigenvalue weighted by Crippen LogP contribution is -2.74. The van der Waals surface area contributed by atoms with Gasteiger partial charge in [0, 0.05) is 66.9 Å². The third-order valence-corrected chi connectivity index (χ3v) is 13.9. The van der Waals surface area contributed by atoms with Crippen LogP contribution in [-0.2, 0) is 25.7 Å². The van der Waals surface area contributed by atoms with Gasteiger partial charge in [-0.2, -0.15) is 5.26 Å². The van der Waals surface area contributed by atoms with Crippen molar-refractivity contribution in [1.29, 1.82) is 5.26 Å². The minimum atomic E-state index is -0.955. The fourth-order valence-corrected chi connectivity index (χ4v) is 10.3. The zero-order chi connectivity index (χ0) is 48.0. The molecule has 3 aromatic carbocycles. The number of aryl methyl sites for hydroxylation is 1. The lowest BCUT2D eigenvalue weighted by molar-refractivity contribution is -0.164. The number of amides is 4. The number of aromatic nitrogens is 1. The highest BCUT2D eigenvalue weighted by Crippen LogP contribution is 2.55. The zero-order valence-corrected chi connectivity index (χ0v) is 40.6. The van der Waals surface area contributed by atoms with Crippen LogP contribution < -0.4 is 26.0 Å². The van der Waals surface area contributed by atoms with Crippen molar-refractivity contribution >= 4 is 52.3 Å². The van der Waals surface area contributed by atoms with Gasteiger partial charge in [0.2, 0.25) is 17.7 Å². The van der Waals surface area contributed by atoms with Crippen LogP contribution in [0.3, 0.4) is 0 Å². The Labute approximate surface area is 396 Å². The lowest BCUT2D eigenvalue weighted by atomic mass is 9.49. The van der Waals surface area contributed by atoms with E-state index in [4.69, 9.17) is 21.1 Å². The highest BCUT2D eigenvalue weighted by molar-refractivity contribution is 7.13. The van der Waals surface area contributed by atoms with Crippen molar-refractivity contribution in [3.8, 4) is 22.3 Å². The number of thiazole rings is 1. The molecule has 14 nitrogen and oxygen atoms in total. The standard InChI is InChI=1S/C50H62ClN7O7S/c1-30-41(66-29-55-30)32-13-11-31(12-14-32)26-54-44(62)39-23-36(59)27-58(39)45(63)42(48(2,3)4)56-40(60)28-64-22-10-9-21-53-35-18-15-33(16-19-35)43(61)57-46-49(5,6)47(50(46,7)8)65-37-20-17-34(25-52)38(51)24-37/h11-20,24,29,36,39,42,46-47,53,59H,9-10,21-23,26-28H2,1-8H3,(H,54,62)(H,56,60)(H,57,61)/t36-,39+,42?,46?,47?/m1/s1. The summed E-state index contributed by atoms with van der Waals surface area (Å²) in [4.78, 5) is 60.6. The monoisotopic (exact) mass is 939 g/mol. The van der Waals surface area contributed by atoms with Crippen LogP contribution in [0.4, 0.5) is 5.69 Å². The Morgan fingerprint density at radius 2 is 1.71 bits per heavy atom. The number of hydrogen-bond donors (Lipinski definition) is 5. The first-order valence-corrected chi connectivity index (χ1v) is 23.6. The maximum atomic E-state index is 14.0. The highest BCUT2D eigenvalue weighted by atomic mass is 35.5. The van der Waals surface area contributed by atoms with Crippen LogP contribution in [0.5, 0.6) is 5.75 Å². The van der Waals surface area contributed by atoms with E-state index < -0.39 is 35.4 Å². The van der Waals surface area contributed by atoms with Crippen molar-refractivity contribution in [1.82, 2.24) is 25.8 Å². The van der Waals surface area contributed by atoms with Gasteiger partial charge in [-0.3, -0.25) is 19.2 Å². The Bertz CT molecular complexity index is 2390. The van der Waals surface area contributed by atoms with Gasteiger partial charge in [-0.1, -0.05) is 84.3 Å². The molecule has 2 fully saturated rings. The average Bonchev–Trinajstić information content (AvgIpc) is 3.89. The molecule has 5 N–H and O–H groups in total. The first-order valence-electron chi connectivity index (χ1n) is 22.3. The van der Waals surface area contributed by atoms with E-state index in [-0.39, 0.29) is 60.9 Å². The molecule has 16 heteroatoms. The van der Waals surface area contributed by atoms with Gasteiger partial charge >= 0.3 is 0 Å². The molecule has 0 spiro atoms. The molecule has 1 aliphatic carbocycles. The molecule has 4 amide bonds. The Morgan fingerprint density at radius 1 is 1.02 bits per heavy atom. The number of nitrogens with one attached hydrogen (secondary N) is 4. The van der Waals surface area contributed by atoms with E-state index in [9.17, 15) is 29.5 Å². The third kappa shape index (κ3) is 11.7. The number of aliphatic hydroxyl groups excluding tert-OH is 1. The Hall–Kier alpha value is -5.53. The minimum Gasteiger partial charge on any atom is -0.489 e. The molecule has 1 aromatic heterocycles. The molecule has 4 aromatic rings. The number of nitrogens with zero attached hydrogens (tertiary/aromatic N) is 3.